The number of benzene rings is 1. The number of likely N-dealkylation sites (tertiary alicyclic amines) is 1. The van der Waals surface area contributed by atoms with Gasteiger partial charge in [-0.3, -0.25) is 14.0 Å². The van der Waals surface area contributed by atoms with Gasteiger partial charge in [-0.1, -0.05) is 18.2 Å². The summed E-state index contributed by atoms with van der Waals surface area (Å²) in [6.07, 6.45) is 3.66. The van der Waals surface area contributed by atoms with E-state index < -0.39 is 11.7 Å². The monoisotopic (exact) mass is 393 g/mol. The summed E-state index contributed by atoms with van der Waals surface area (Å²) < 4.78 is 16.0. The molecule has 1 aromatic carbocycles. The van der Waals surface area contributed by atoms with Crippen LogP contribution in [0.15, 0.2) is 48.7 Å². The lowest BCUT2D eigenvalue weighted by Crippen LogP contribution is -2.37. The van der Waals surface area contributed by atoms with Gasteiger partial charge < -0.3 is 9.80 Å². The maximum absolute atomic E-state index is 14.1. The number of hydrogen-bond donors (Lipinski definition) is 0. The van der Waals surface area contributed by atoms with E-state index in [1.807, 2.05) is 33.7 Å². The topological polar surface area (TPSA) is 70.8 Å². The molecule has 4 heterocycles. The minimum atomic E-state index is -0.484. The van der Waals surface area contributed by atoms with Crippen molar-refractivity contribution in [3.8, 4) is 0 Å². The zero-order valence-electron chi connectivity index (χ0n) is 15.7. The lowest BCUT2D eigenvalue weighted by Gasteiger charge is -2.26. The molecule has 2 atom stereocenters. The average molecular weight is 393 g/mol. The van der Waals surface area contributed by atoms with Crippen LogP contribution in [0, 0.1) is 11.7 Å². The van der Waals surface area contributed by atoms with E-state index in [4.69, 9.17) is 0 Å². The predicted octanol–water partition coefficient (Wildman–Crippen LogP) is 2.59. The van der Waals surface area contributed by atoms with Crippen molar-refractivity contribution >= 4 is 23.1 Å². The number of fused-ring (bicyclic) bond motifs is 1. The van der Waals surface area contributed by atoms with E-state index >= 15 is 0 Å². The van der Waals surface area contributed by atoms with Gasteiger partial charge in [-0.25, -0.2) is 4.39 Å². The number of pyridine rings is 1. The first-order valence-electron chi connectivity index (χ1n) is 9.78. The summed E-state index contributed by atoms with van der Waals surface area (Å²) in [6.45, 7) is 0.817. The summed E-state index contributed by atoms with van der Waals surface area (Å²) in [5, 5.41) is 8.52. The number of carbonyl (C=O) groups excluding carboxylic acids is 2. The van der Waals surface area contributed by atoms with E-state index in [1.165, 1.54) is 11.0 Å². The summed E-state index contributed by atoms with van der Waals surface area (Å²) in [6, 6.07) is 11.7. The fourth-order valence-corrected chi connectivity index (χ4v) is 4.40. The van der Waals surface area contributed by atoms with E-state index in [1.54, 1.807) is 18.2 Å². The molecular weight excluding hydrogens is 373 g/mol. The highest BCUT2D eigenvalue weighted by Gasteiger charge is 2.42. The average Bonchev–Trinajstić information content (AvgIpc) is 3.45. The van der Waals surface area contributed by atoms with E-state index in [0.29, 0.717) is 6.54 Å². The largest absolute Gasteiger partial charge is 0.332 e. The van der Waals surface area contributed by atoms with Gasteiger partial charge in [0.2, 0.25) is 11.8 Å². The minimum Gasteiger partial charge on any atom is -0.332 e. The van der Waals surface area contributed by atoms with Crippen LogP contribution >= 0.6 is 0 Å². The highest BCUT2D eigenvalue weighted by atomic mass is 19.1. The second-order valence-corrected chi connectivity index (χ2v) is 7.53. The molecule has 2 unspecified atom stereocenters. The molecule has 0 bridgehead atoms. The summed E-state index contributed by atoms with van der Waals surface area (Å²) in [4.78, 5) is 29.0. The minimum absolute atomic E-state index is 0.0765. The van der Waals surface area contributed by atoms with Crippen LogP contribution in [0.1, 0.15) is 31.1 Å². The Morgan fingerprint density at radius 2 is 1.93 bits per heavy atom. The van der Waals surface area contributed by atoms with E-state index in [-0.39, 0.29) is 36.5 Å². The molecule has 0 N–H and O–H groups in total. The Kier molecular flexibility index (Phi) is 4.26. The van der Waals surface area contributed by atoms with Gasteiger partial charge in [0.15, 0.2) is 11.5 Å². The van der Waals surface area contributed by atoms with Gasteiger partial charge in [-0.05, 0) is 37.1 Å². The number of halogens is 1. The van der Waals surface area contributed by atoms with Crippen LogP contribution in [0.2, 0.25) is 0 Å². The van der Waals surface area contributed by atoms with E-state index in [2.05, 4.69) is 10.2 Å². The van der Waals surface area contributed by atoms with Crippen molar-refractivity contribution in [2.24, 2.45) is 5.92 Å². The summed E-state index contributed by atoms with van der Waals surface area (Å²) in [5.74, 6) is -0.504. The summed E-state index contributed by atoms with van der Waals surface area (Å²) in [5.41, 5.74) is 0.970. The first-order valence-corrected chi connectivity index (χ1v) is 9.78. The predicted molar refractivity (Wildman–Crippen MR) is 104 cm³/mol. The Hall–Kier alpha value is -3.29. The van der Waals surface area contributed by atoms with Crippen LogP contribution in [0.3, 0.4) is 0 Å². The Morgan fingerprint density at radius 3 is 2.79 bits per heavy atom. The van der Waals surface area contributed by atoms with Crippen molar-refractivity contribution < 1.29 is 14.0 Å². The molecule has 2 saturated heterocycles. The fraction of sp³-hybridized carbons (Fsp3) is 0.333. The fourth-order valence-electron chi connectivity index (χ4n) is 4.40. The highest BCUT2D eigenvalue weighted by molar-refractivity contribution is 6.00. The van der Waals surface area contributed by atoms with Crippen molar-refractivity contribution in [1.82, 2.24) is 19.5 Å². The number of nitrogens with zero attached hydrogens (tertiary/aromatic N) is 5. The van der Waals surface area contributed by atoms with Gasteiger partial charge in [0.25, 0.3) is 0 Å². The summed E-state index contributed by atoms with van der Waals surface area (Å²) >= 11 is 0. The second kappa shape index (κ2) is 6.95. The van der Waals surface area contributed by atoms with Gasteiger partial charge in [0.05, 0.1) is 17.6 Å². The molecule has 2 aliphatic rings. The van der Waals surface area contributed by atoms with Crippen molar-refractivity contribution in [3.05, 3.63) is 60.3 Å². The van der Waals surface area contributed by atoms with E-state index in [9.17, 15) is 14.0 Å². The summed E-state index contributed by atoms with van der Waals surface area (Å²) in [7, 11) is 0. The number of amides is 2. The Balaban J connectivity index is 1.39. The molecule has 2 amide bonds. The SMILES string of the molecule is O=C1CC(C(=O)N2CCCC2c2nnc3ccccn23)CN1c1ccccc1F. The van der Waals surface area contributed by atoms with Crippen LogP contribution in [0.25, 0.3) is 5.65 Å². The van der Waals surface area contributed by atoms with Crippen molar-refractivity contribution in [3.63, 3.8) is 0 Å². The molecule has 5 rings (SSSR count). The zero-order chi connectivity index (χ0) is 20.0. The first-order chi connectivity index (χ1) is 14.1. The molecule has 0 spiro atoms. The molecule has 0 saturated carbocycles. The molecule has 2 fully saturated rings. The van der Waals surface area contributed by atoms with Crippen molar-refractivity contribution in [1.29, 1.82) is 0 Å². The number of carbonyl (C=O) groups is 2. The Morgan fingerprint density at radius 1 is 1.10 bits per heavy atom. The highest BCUT2D eigenvalue weighted by Crippen LogP contribution is 2.35. The van der Waals surface area contributed by atoms with Gasteiger partial charge in [0, 0.05) is 25.7 Å². The molecule has 0 aliphatic carbocycles. The van der Waals surface area contributed by atoms with Gasteiger partial charge >= 0.3 is 0 Å². The van der Waals surface area contributed by atoms with Gasteiger partial charge in [-0.15, -0.1) is 10.2 Å². The third-order valence-corrected chi connectivity index (χ3v) is 5.79. The van der Waals surface area contributed by atoms with Crippen molar-refractivity contribution in [2.45, 2.75) is 25.3 Å². The standard InChI is InChI=1S/C21H20FN5O2/c22-15-6-1-2-7-16(15)27-13-14(12-19(27)28)21(29)25-11-5-8-17(25)20-24-23-18-9-3-4-10-26(18)20/h1-4,6-7,9-10,14,17H,5,8,11-13H2. The van der Waals surface area contributed by atoms with Crippen LogP contribution < -0.4 is 4.90 Å². The second-order valence-electron chi connectivity index (χ2n) is 7.53. The Bertz CT molecular complexity index is 1100. The molecule has 0 radical (unpaired) electrons. The van der Waals surface area contributed by atoms with Crippen molar-refractivity contribution in [2.75, 3.05) is 18.0 Å². The molecule has 3 aromatic rings. The number of rotatable bonds is 3. The molecular formula is C21H20FN5O2. The number of aromatic nitrogens is 3. The lowest BCUT2D eigenvalue weighted by atomic mass is 10.1. The third-order valence-electron chi connectivity index (χ3n) is 5.79. The third kappa shape index (κ3) is 2.95. The molecule has 2 aromatic heterocycles. The molecule has 7 nitrogen and oxygen atoms in total. The maximum atomic E-state index is 14.1. The van der Waals surface area contributed by atoms with Crippen LogP contribution in [-0.2, 0) is 9.59 Å². The molecule has 2 aliphatic heterocycles. The number of para-hydroxylation sites is 1. The smallest absolute Gasteiger partial charge is 0.228 e. The number of anilines is 1. The zero-order valence-corrected chi connectivity index (χ0v) is 15.7. The van der Waals surface area contributed by atoms with Gasteiger partial charge in [-0.2, -0.15) is 0 Å². The normalized spacial score (nSPS) is 22.0. The lowest BCUT2D eigenvalue weighted by molar-refractivity contribution is -0.136. The van der Waals surface area contributed by atoms with Crippen LogP contribution in [-0.4, -0.2) is 44.4 Å². The van der Waals surface area contributed by atoms with Crippen LogP contribution in [0.4, 0.5) is 10.1 Å². The van der Waals surface area contributed by atoms with E-state index in [0.717, 1.165) is 24.3 Å². The Labute approximate surface area is 166 Å². The maximum Gasteiger partial charge on any atom is 0.228 e. The molecule has 8 heteroatoms. The molecule has 29 heavy (non-hydrogen) atoms. The quantitative estimate of drug-likeness (QED) is 0.686. The first kappa shape index (κ1) is 17.8. The molecule has 148 valence electrons. The van der Waals surface area contributed by atoms with Gasteiger partial charge in [0.1, 0.15) is 5.82 Å². The van der Waals surface area contributed by atoms with Crippen LogP contribution in [0.5, 0.6) is 0 Å². The number of hydrogen-bond acceptors (Lipinski definition) is 4.